The Morgan fingerprint density at radius 1 is 1.33 bits per heavy atom. The third-order valence-corrected chi connectivity index (χ3v) is 4.50. The predicted octanol–water partition coefficient (Wildman–Crippen LogP) is 2.40. The molecule has 7 heteroatoms. The van der Waals surface area contributed by atoms with Gasteiger partial charge in [0, 0.05) is 20.2 Å². The van der Waals surface area contributed by atoms with Crippen molar-refractivity contribution in [3.8, 4) is 0 Å². The summed E-state index contributed by atoms with van der Waals surface area (Å²) >= 11 is 11.9. The topological polar surface area (TPSA) is 46.6 Å². The lowest BCUT2D eigenvalue weighted by Gasteiger charge is -2.20. The van der Waals surface area contributed by atoms with Gasteiger partial charge in [0.05, 0.1) is 22.9 Å². The molecule has 1 aromatic carbocycles. The number of sulfonamides is 1. The zero-order valence-electron chi connectivity index (χ0n) is 10.2. The summed E-state index contributed by atoms with van der Waals surface area (Å²) in [5.41, 5.74) is 0.672. The second-order valence-corrected chi connectivity index (χ2v) is 6.57. The minimum Gasteiger partial charge on any atom is -0.383 e. The average Bonchev–Trinajstić information content (AvgIpc) is 2.28. The van der Waals surface area contributed by atoms with Crippen molar-refractivity contribution < 1.29 is 13.2 Å². The summed E-state index contributed by atoms with van der Waals surface area (Å²) in [5.74, 6) is 0. The van der Waals surface area contributed by atoms with Crippen LogP contribution in [0.1, 0.15) is 5.56 Å². The van der Waals surface area contributed by atoms with Crippen LogP contribution in [-0.2, 0) is 21.3 Å². The molecule has 0 saturated heterocycles. The lowest BCUT2D eigenvalue weighted by Crippen LogP contribution is -2.32. The molecule has 0 amide bonds. The standard InChI is InChI=1S/C11H15Cl2NO3S/c1-17-7-6-14(18(2,15)16)8-9-4-3-5-10(12)11(9)13/h3-5H,6-8H2,1-2H3. The summed E-state index contributed by atoms with van der Waals surface area (Å²) in [6, 6.07) is 5.15. The third-order valence-electron chi connectivity index (χ3n) is 2.39. The molecule has 0 N–H and O–H groups in total. The first-order chi connectivity index (χ1) is 8.36. The molecule has 0 spiro atoms. The molecule has 1 rings (SSSR count). The van der Waals surface area contributed by atoms with E-state index in [2.05, 4.69) is 0 Å². The number of halogens is 2. The number of rotatable bonds is 6. The molecule has 0 bridgehead atoms. The van der Waals surface area contributed by atoms with Crippen molar-refractivity contribution >= 4 is 33.2 Å². The largest absolute Gasteiger partial charge is 0.383 e. The van der Waals surface area contributed by atoms with Crippen molar-refractivity contribution in [3.63, 3.8) is 0 Å². The average molecular weight is 312 g/mol. The second-order valence-electron chi connectivity index (χ2n) is 3.80. The van der Waals surface area contributed by atoms with Gasteiger partial charge in [0.1, 0.15) is 0 Å². The molecule has 0 saturated carbocycles. The van der Waals surface area contributed by atoms with Gasteiger partial charge in [-0.3, -0.25) is 0 Å². The minimum absolute atomic E-state index is 0.182. The Morgan fingerprint density at radius 2 is 2.00 bits per heavy atom. The highest BCUT2D eigenvalue weighted by Crippen LogP contribution is 2.26. The molecule has 1 aromatic rings. The molecule has 0 unspecified atom stereocenters. The molecule has 0 aliphatic heterocycles. The second kappa shape index (κ2) is 6.73. The molecule has 0 heterocycles. The Kier molecular flexibility index (Phi) is 5.88. The van der Waals surface area contributed by atoms with E-state index in [4.69, 9.17) is 27.9 Å². The quantitative estimate of drug-likeness (QED) is 0.810. The number of hydrogen-bond donors (Lipinski definition) is 0. The first-order valence-electron chi connectivity index (χ1n) is 5.23. The first-order valence-corrected chi connectivity index (χ1v) is 7.83. The van der Waals surface area contributed by atoms with E-state index >= 15 is 0 Å². The van der Waals surface area contributed by atoms with Crippen LogP contribution < -0.4 is 0 Å². The highest BCUT2D eigenvalue weighted by molar-refractivity contribution is 7.88. The van der Waals surface area contributed by atoms with Gasteiger partial charge in [0.2, 0.25) is 10.0 Å². The van der Waals surface area contributed by atoms with E-state index in [1.807, 2.05) is 0 Å². The van der Waals surface area contributed by atoms with E-state index in [1.165, 1.54) is 11.4 Å². The Labute approximate surface area is 117 Å². The van der Waals surface area contributed by atoms with Crippen LogP contribution in [0.5, 0.6) is 0 Å². The maximum absolute atomic E-state index is 11.6. The number of benzene rings is 1. The number of nitrogens with zero attached hydrogens (tertiary/aromatic N) is 1. The van der Waals surface area contributed by atoms with Gasteiger partial charge in [-0.25, -0.2) is 8.42 Å². The fourth-order valence-electron chi connectivity index (χ4n) is 1.42. The van der Waals surface area contributed by atoms with Crippen molar-refractivity contribution in [1.29, 1.82) is 0 Å². The Balaban J connectivity index is 2.93. The SMILES string of the molecule is COCCN(Cc1cccc(Cl)c1Cl)S(C)(=O)=O. The molecular weight excluding hydrogens is 297 g/mol. The van der Waals surface area contributed by atoms with Crippen LogP contribution >= 0.6 is 23.2 Å². The van der Waals surface area contributed by atoms with Gasteiger partial charge < -0.3 is 4.74 Å². The number of methoxy groups -OCH3 is 1. The van der Waals surface area contributed by atoms with E-state index in [0.29, 0.717) is 22.2 Å². The Morgan fingerprint density at radius 3 is 2.56 bits per heavy atom. The monoisotopic (exact) mass is 311 g/mol. The molecular formula is C11H15Cl2NO3S. The fraction of sp³-hybridized carbons (Fsp3) is 0.455. The maximum atomic E-state index is 11.6. The molecule has 4 nitrogen and oxygen atoms in total. The van der Waals surface area contributed by atoms with E-state index < -0.39 is 10.0 Å². The van der Waals surface area contributed by atoms with Gasteiger partial charge in [0.25, 0.3) is 0 Å². The van der Waals surface area contributed by atoms with Gasteiger partial charge in [-0.05, 0) is 11.6 Å². The predicted molar refractivity (Wildman–Crippen MR) is 73.6 cm³/mol. The van der Waals surface area contributed by atoms with Gasteiger partial charge in [-0.15, -0.1) is 0 Å². The van der Waals surface area contributed by atoms with Crippen LogP contribution in [-0.4, -0.2) is 39.2 Å². The van der Waals surface area contributed by atoms with Crippen LogP contribution in [0.2, 0.25) is 10.0 Å². The molecule has 0 atom stereocenters. The molecule has 18 heavy (non-hydrogen) atoms. The molecule has 0 aromatic heterocycles. The van der Waals surface area contributed by atoms with Crippen molar-refractivity contribution in [2.75, 3.05) is 26.5 Å². The third kappa shape index (κ3) is 4.40. The zero-order valence-corrected chi connectivity index (χ0v) is 12.5. The van der Waals surface area contributed by atoms with Crippen LogP contribution in [0.3, 0.4) is 0 Å². The van der Waals surface area contributed by atoms with Crippen molar-refractivity contribution in [1.82, 2.24) is 4.31 Å². The smallest absolute Gasteiger partial charge is 0.211 e. The van der Waals surface area contributed by atoms with Crippen molar-refractivity contribution in [3.05, 3.63) is 33.8 Å². The number of ether oxygens (including phenoxy) is 1. The van der Waals surface area contributed by atoms with E-state index in [9.17, 15) is 8.42 Å². The van der Waals surface area contributed by atoms with Crippen molar-refractivity contribution in [2.45, 2.75) is 6.54 Å². The van der Waals surface area contributed by atoms with Crippen LogP contribution in [0, 0.1) is 0 Å². The first kappa shape index (κ1) is 15.7. The summed E-state index contributed by atoms with van der Waals surface area (Å²) in [7, 11) is -1.79. The highest BCUT2D eigenvalue weighted by atomic mass is 35.5. The van der Waals surface area contributed by atoms with Gasteiger partial charge >= 0.3 is 0 Å². The summed E-state index contributed by atoms with van der Waals surface area (Å²) in [6.45, 7) is 0.783. The lowest BCUT2D eigenvalue weighted by molar-refractivity contribution is 0.177. The summed E-state index contributed by atoms with van der Waals surface area (Å²) in [4.78, 5) is 0. The van der Waals surface area contributed by atoms with Crippen LogP contribution in [0.4, 0.5) is 0 Å². The highest BCUT2D eigenvalue weighted by Gasteiger charge is 2.18. The minimum atomic E-state index is -3.31. The van der Waals surface area contributed by atoms with Gasteiger partial charge in [-0.1, -0.05) is 35.3 Å². The summed E-state index contributed by atoms with van der Waals surface area (Å²) in [6.07, 6.45) is 1.15. The van der Waals surface area contributed by atoms with Crippen LogP contribution in [0.25, 0.3) is 0 Å². The molecule has 0 fully saturated rings. The normalized spacial score (nSPS) is 12.1. The fourth-order valence-corrected chi connectivity index (χ4v) is 2.58. The van der Waals surface area contributed by atoms with E-state index in [0.717, 1.165) is 6.26 Å². The summed E-state index contributed by atoms with van der Waals surface area (Å²) < 4.78 is 29.5. The zero-order chi connectivity index (χ0) is 13.8. The Bertz CT molecular complexity index is 505. The maximum Gasteiger partial charge on any atom is 0.211 e. The molecule has 102 valence electrons. The van der Waals surface area contributed by atoms with Gasteiger partial charge in [0.15, 0.2) is 0 Å². The molecule has 0 radical (unpaired) electrons. The van der Waals surface area contributed by atoms with Crippen LogP contribution in [0.15, 0.2) is 18.2 Å². The molecule has 0 aliphatic rings. The number of hydrogen-bond acceptors (Lipinski definition) is 3. The Hall–Kier alpha value is -0.330. The van der Waals surface area contributed by atoms with Crippen molar-refractivity contribution in [2.24, 2.45) is 0 Å². The molecule has 0 aliphatic carbocycles. The van der Waals surface area contributed by atoms with E-state index in [1.54, 1.807) is 18.2 Å². The lowest BCUT2D eigenvalue weighted by atomic mass is 10.2. The van der Waals surface area contributed by atoms with Gasteiger partial charge in [-0.2, -0.15) is 4.31 Å². The summed E-state index contributed by atoms with van der Waals surface area (Å²) in [5, 5.41) is 0.791. The van der Waals surface area contributed by atoms with E-state index in [-0.39, 0.29) is 13.1 Å².